The number of nitrogens with one attached hydrogen (secondary N) is 1. The SMILES string of the molecule is COC(=O)CCCc1ccc(C(CCC(C)(C)C)NS(=O)(=O)c2ccc(Cl)cc2)cc1. The molecule has 5 nitrogen and oxygen atoms in total. The molecular weight excluding hydrogens is 434 g/mol. The molecule has 31 heavy (non-hydrogen) atoms. The van der Waals surface area contributed by atoms with Gasteiger partial charge in [0, 0.05) is 17.5 Å². The van der Waals surface area contributed by atoms with E-state index in [2.05, 4.69) is 30.2 Å². The first kappa shape index (κ1) is 25.4. The third kappa shape index (κ3) is 8.63. The molecule has 170 valence electrons. The largest absolute Gasteiger partial charge is 0.469 e. The Hall–Kier alpha value is -1.89. The number of methoxy groups -OCH3 is 1. The first-order chi connectivity index (χ1) is 14.5. The lowest BCUT2D eigenvalue weighted by molar-refractivity contribution is -0.140. The maximum Gasteiger partial charge on any atom is 0.305 e. The summed E-state index contributed by atoms with van der Waals surface area (Å²) in [6.45, 7) is 6.42. The average molecular weight is 466 g/mol. The lowest BCUT2D eigenvalue weighted by Crippen LogP contribution is -2.29. The Morgan fingerprint density at radius 1 is 1.06 bits per heavy atom. The summed E-state index contributed by atoms with van der Waals surface area (Å²) in [6, 6.07) is 13.7. The lowest BCUT2D eigenvalue weighted by atomic mass is 9.87. The minimum atomic E-state index is -3.69. The van der Waals surface area contributed by atoms with Gasteiger partial charge in [-0.15, -0.1) is 0 Å². The molecule has 0 fully saturated rings. The topological polar surface area (TPSA) is 72.5 Å². The van der Waals surface area contributed by atoms with Crippen LogP contribution in [-0.2, 0) is 26.0 Å². The summed E-state index contributed by atoms with van der Waals surface area (Å²) in [7, 11) is -2.30. The van der Waals surface area contributed by atoms with Gasteiger partial charge in [0.05, 0.1) is 12.0 Å². The number of hydrogen-bond donors (Lipinski definition) is 1. The van der Waals surface area contributed by atoms with Crippen molar-refractivity contribution in [3.8, 4) is 0 Å². The Morgan fingerprint density at radius 2 is 1.68 bits per heavy atom. The molecule has 0 aromatic heterocycles. The van der Waals surface area contributed by atoms with E-state index >= 15 is 0 Å². The number of halogens is 1. The number of esters is 1. The number of sulfonamides is 1. The molecule has 0 radical (unpaired) electrons. The number of hydrogen-bond acceptors (Lipinski definition) is 4. The van der Waals surface area contributed by atoms with Crippen LogP contribution in [0, 0.1) is 5.41 Å². The standard InChI is InChI=1S/C24H32ClNO4S/c1-24(2,3)17-16-22(26-31(28,29)21-14-12-20(25)13-15-21)19-10-8-18(9-11-19)6-5-7-23(27)30-4/h8-15,22,26H,5-7,16-17H2,1-4H3. The number of ether oxygens (including phenoxy) is 1. The quantitative estimate of drug-likeness (QED) is 0.458. The molecule has 1 unspecified atom stereocenters. The van der Waals surface area contributed by atoms with Crippen LogP contribution >= 0.6 is 11.6 Å². The molecule has 7 heteroatoms. The van der Waals surface area contributed by atoms with E-state index < -0.39 is 10.0 Å². The van der Waals surface area contributed by atoms with Crippen molar-refractivity contribution in [2.45, 2.75) is 63.8 Å². The Bertz CT molecular complexity index is 949. The zero-order chi connectivity index (χ0) is 23.1. The Morgan fingerprint density at radius 3 is 2.23 bits per heavy atom. The van der Waals surface area contributed by atoms with Gasteiger partial charge in [-0.2, -0.15) is 0 Å². The van der Waals surface area contributed by atoms with Crippen molar-refractivity contribution in [1.29, 1.82) is 0 Å². The molecule has 1 atom stereocenters. The van der Waals surface area contributed by atoms with Gasteiger partial charge in [0.1, 0.15) is 0 Å². The number of aryl methyl sites for hydroxylation is 1. The van der Waals surface area contributed by atoms with E-state index in [9.17, 15) is 13.2 Å². The highest BCUT2D eigenvalue weighted by molar-refractivity contribution is 7.89. The summed E-state index contributed by atoms with van der Waals surface area (Å²) in [5, 5.41) is 0.492. The van der Waals surface area contributed by atoms with Crippen LogP contribution in [0.2, 0.25) is 5.02 Å². The third-order valence-electron chi connectivity index (χ3n) is 5.06. The molecule has 0 saturated carbocycles. The minimum absolute atomic E-state index is 0.0811. The molecule has 2 aromatic rings. The van der Waals surface area contributed by atoms with Crippen LogP contribution < -0.4 is 4.72 Å². The average Bonchev–Trinajstić information content (AvgIpc) is 2.71. The summed E-state index contributed by atoms with van der Waals surface area (Å²) >= 11 is 5.90. The van der Waals surface area contributed by atoms with E-state index in [1.54, 1.807) is 12.1 Å². The Kier molecular flexibility index (Phi) is 9.10. The van der Waals surface area contributed by atoms with Crippen LogP contribution in [0.5, 0.6) is 0 Å². The van der Waals surface area contributed by atoms with E-state index in [-0.39, 0.29) is 22.3 Å². The van der Waals surface area contributed by atoms with Crippen molar-refractivity contribution in [2.75, 3.05) is 7.11 Å². The second-order valence-corrected chi connectivity index (χ2v) is 11.0. The number of carbonyl (C=O) groups excluding carboxylic acids is 1. The second-order valence-electron chi connectivity index (χ2n) is 8.90. The summed E-state index contributed by atoms with van der Waals surface area (Å²) in [6.07, 6.45) is 3.40. The van der Waals surface area contributed by atoms with Crippen molar-refractivity contribution in [1.82, 2.24) is 4.72 Å². The molecule has 0 aliphatic rings. The summed E-state index contributed by atoms with van der Waals surface area (Å²) < 4.78 is 33.5. The van der Waals surface area contributed by atoms with Gasteiger partial charge in [-0.05, 0) is 66.5 Å². The van der Waals surface area contributed by atoms with Crippen molar-refractivity contribution in [3.05, 3.63) is 64.7 Å². The molecular formula is C24H32ClNO4S. The first-order valence-electron chi connectivity index (χ1n) is 10.4. The van der Waals surface area contributed by atoms with Crippen LogP contribution in [0.3, 0.4) is 0 Å². The fourth-order valence-electron chi connectivity index (χ4n) is 3.20. The number of rotatable bonds is 10. The van der Waals surface area contributed by atoms with Crippen LogP contribution in [0.4, 0.5) is 0 Å². The molecule has 1 N–H and O–H groups in total. The van der Waals surface area contributed by atoms with E-state index in [0.717, 1.165) is 24.0 Å². The van der Waals surface area contributed by atoms with Gasteiger partial charge >= 0.3 is 5.97 Å². The van der Waals surface area contributed by atoms with Gasteiger partial charge in [0.2, 0.25) is 10.0 Å². The smallest absolute Gasteiger partial charge is 0.305 e. The lowest BCUT2D eigenvalue weighted by Gasteiger charge is -2.24. The highest BCUT2D eigenvalue weighted by Gasteiger charge is 2.23. The highest BCUT2D eigenvalue weighted by Crippen LogP contribution is 2.29. The summed E-state index contributed by atoms with van der Waals surface area (Å²) in [5.41, 5.74) is 2.10. The zero-order valence-electron chi connectivity index (χ0n) is 18.7. The van der Waals surface area contributed by atoms with Gasteiger partial charge in [-0.3, -0.25) is 4.79 Å². The van der Waals surface area contributed by atoms with E-state index in [0.29, 0.717) is 24.3 Å². The van der Waals surface area contributed by atoms with Crippen molar-refractivity contribution >= 4 is 27.6 Å². The van der Waals surface area contributed by atoms with Gasteiger partial charge in [-0.1, -0.05) is 56.6 Å². The molecule has 0 amide bonds. The van der Waals surface area contributed by atoms with Gasteiger partial charge in [-0.25, -0.2) is 13.1 Å². The number of benzene rings is 2. The summed E-state index contributed by atoms with van der Waals surface area (Å²) in [5.74, 6) is -0.213. The predicted octanol–water partition coefficient (Wildman–Crippen LogP) is 5.68. The first-order valence-corrected chi connectivity index (χ1v) is 12.3. The highest BCUT2D eigenvalue weighted by atomic mass is 35.5. The monoisotopic (exact) mass is 465 g/mol. The molecule has 0 spiro atoms. The zero-order valence-corrected chi connectivity index (χ0v) is 20.2. The molecule has 2 rings (SSSR count). The van der Waals surface area contributed by atoms with E-state index in [1.165, 1.54) is 19.2 Å². The molecule has 2 aromatic carbocycles. The molecule has 0 heterocycles. The Labute approximate surface area is 191 Å². The fourth-order valence-corrected chi connectivity index (χ4v) is 4.58. The van der Waals surface area contributed by atoms with Crippen molar-refractivity contribution in [3.63, 3.8) is 0 Å². The maximum atomic E-state index is 13.0. The van der Waals surface area contributed by atoms with E-state index in [1.807, 2.05) is 24.3 Å². The predicted molar refractivity (Wildman–Crippen MR) is 125 cm³/mol. The fraction of sp³-hybridized carbons (Fsp3) is 0.458. The molecule has 0 aliphatic carbocycles. The minimum Gasteiger partial charge on any atom is -0.469 e. The van der Waals surface area contributed by atoms with Crippen LogP contribution in [-0.4, -0.2) is 21.5 Å². The van der Waals surface area contributed by atoms with Crippen molar-refractivity contribution in [2.24, 2.45) is 5.41 Å². The van der Waals surface area contributed by atoms with Gasteiger partial charge in [0.25, 0.3) is 0 Å². The van der Waals surface area contributed by atoms with Crippen LogP contribution in [0.15, 0.2) is 53.4 Å². The molecule has 0 bridgehead atoms. The number of carbonyl (C=O) groups is 1. The molecule has 0 saturated heterocycles. The van der Waals surface area contributed by atoms with E-state index in [4.69, 9.17) is 11.6 Å². The maximum absolute atomic E-state index is 13.0. The Balaban J connectivity index is 2.17. The van der Waals surface area contributed by atoms with Crippen LogP contribution in [0.25, 0.3) is 0 Å². The normalized spacial score (nSPS) is 13.1. The second kappa shape index (κ2) is 11.1. The van der Waals surface area contributed by atoms with Gasteiger partial charge < -0.3 is 4.74 Å². The third-order valence-corrected chi connectivity index (χ3v) is 6.80. The molecule has 0 aliphatic heterocycles. The van der Waals surface area contributed by atoms with Gasteiger partial charge in [0.15, 0.2) is 0 Å². The van der Waals surface area contributed by atoms with Crippen molar-refractivity contribution < 1.29 is 17.9 Å². The van der Waals surface area contributed by atoms with Crippen LogP contribution in [0.1, 0.15) is 63.6 Å². The summed E-state index contributed by atoms with van der Waals surface area (Å²) in [4.78, 5) is 11.5.